The molecule has 46 heavy (non-hydrogen) atoms. The average molecular weight is 643 g/mol. The second-order valence-electron chi connectivity index (χ2n) is 12.4. The Kier molecular flexibility index (Phi) is 7.45. The van der Waals surface area contributed by atoms with E-state index in [2.05, 4.69) is 97.1 Å². The molecule has 4 aliphatic heterocycles. The zero-order valence-corrected chi connectivity index (χ0v) is 27.6. The number of para-hydroxylation sites is 4. The molecule has 230 valence electrons. The van der Waals surface area contributed by atoms with Crippen molar-refractivity contribution in [3.05, 3.63) is 130 Å². The molecule has 0 radical (unpaired) electrons. The van der Waals surface area contributed by atoms with Crippen molar-refractivity contribution in [3.63, 3.8) is 0 Å². The Hall–Kier alpha value is -3.84. The van der Waals surface area contributed by atoms with Gasteiger partial charge < -0.3 is 18.9 Å². The average Bonchev–Trinajstić information content (AvgIpc) is 3.92. The zero-order valence-electron chi connectivity index (χ0n) is 25.8. The summed E-state index contributed by atoms with van der Waals surface area (Å²) >= 11 is 0. The maximum absolute atomic E-state index is 6.29. The lowest BCUT2D eigenvalue weighted by Gasteiger charge is -2.24. The van der Waals surface area contributed by atoms with Crippen LogP contribution in [0.2, 0.25) is 0 Å². The Morgan fingerprint density at radius 1 is 0.391 bits per heavy atom. The SMILES string of the molecule is c1cc(CP(c2cccc3c2OCC3)c2cccc3c2OCC3)cc(CP(c2cccc3c2OCC3)c2cccc3c2OCC3)c1. The van der Waals surface area contributed by atoms with Gasteiger partial charge in [-0.15, -0.1) is 0 Å². The molecule has 5 aromatic rings. The molecule has 0 aliphatic carbocycles. The molecule has 5 aromatic carbocycles. The molecular formula is C40H36O4P2. The standard InChI is InChI=1S/C40H36O4P2/c1-6-27(25-45(33-12-2-8-29-16-20-41-37(29)33)34-13-3-9-30-17-21-42-38(30)34)24-28(7-1)26-46(35-14-4-10-31-18-22-43-39(31)35)36-15-5-11-32-19-23-44-40(32)36/h1-15,24H,16-23,25-26H2. The van der Waals surface area contributed by atoms with Crippen LogP contribution < -0.4 is 40.2 Å². The summed E-state index contributed by atoms with van der Waals surface area (Å²) in [6, 6.07) is 36.2. The summed E-state index contributed by atoms with van der Waals surface area (Å²) < 4.78 is 25.2. The minimum atomic E-state index is -0.746. The number of fused-ring (bicyclic) bond motifs is 4. The molecule has 0 aromatic heterocycles. The Morgan fingerprint density at radius 2 is 0.696 bits per heavy atom. The molecule has 0 bridgehead atoms. The summed E-state index contributed by atoms with van der Waals surface area (Å²) in [4.78, 5) is 0. The quantitative estimate of drug-likeness (QED) is 0.177. The van der Waals surface area contributed by atoms with Crippen LogP contribution in [-0.4, -0.2) is 26.4 Å². The van der Waals surface area contributed by atoms with Crippen molar-refractivity contribution in [2.24, 2.45) is 0 Å². The van der Waals surface area contributed by atoms with Gasteiger partial charge in [0.1, 0.15) is 23.0 Å². The summed E-state index contributed by atoms with van der Waals surface area (Å²) in [7, 11) is -1.49. The maximum atomic E-state index is 6.29. The summed E-state index contributed by atoms with van der Waals surface area (Å²) in [6.07, 6.45) is 5.80. The van der Waals surface area contributed by atoms with Crippen molar-refractivity contribution in [2.75, 3.05) is 26.4 Å². The molecule has 4 heterocycles. The van der Waals surface area contributed by atoms with E-state index < -0.39 is 15.8 Å². The predicted molar refractivity (Wildman–Crippen MR) is 189 cm³/mol. The van der Waals surface area contributed by atoms with Gasteiger partial charge in [-0.25, -0.2) is 0 Å². The van der Waals surface area contributed by atoms with Gasteiger partial charge in [-0.3, -0.25) is 0 Å². The molecule has 0 saturated carbocycles. The summed E-state index contributed by atoms with van der Waals surface area (Å²) in [5, 5.41) is 5.32. The molecule has 4 aliphatic rings. The fourth-order valence-electron chi connectivity index (χ4n) is 7.43. The first-order chi connectivity index (χ1) is 22.8. The highest BCUT2D eigenvalue weighted by molar-refractivity contribution is 7.73. The Labute approximate surface area is 273 Å². The van der Waals surface area contributed by atoms with Crippen molar-refractivity contribution in [3.8, 4) is 23.0 Å². The van der Waals surface area contributed by atoms with Gasteiger partial charge in [0.05, 0.1) is 26.4 Å². The zero-order chi connectivity index (χ0) is 30.5. The first-order valence-electron chi connectivity index (χ1n) is 16.4. The Bertz CT molecular complexity index is 1700. The smallest absolute Gasteiger partial charge is 0.130 e. The van der Waals surface area contributed by atoms with E-state index in [9.17, 15) is 0 Å². The highest BCUT2D eigenvalue weighted by Gasteiger charge is 2.30. The van der Waals surface area contributed by atoms with Gasteiger partial charge in [0.2, 0.25) is 0 Å². The minimum absolute atomic E-state index is 0.746. The number of hydrogen-bond acceptors (Lipinski definition) is 4. The molecule has 0 amide bonds. The van der Waals surface area contributed by atoms with Crippen LogP contribution in [0, 0.1) is 0 Å². The third-order valence-corrected chi connectivity index (χ3v) is 14.7. The Balaban J connectivity index is 1.11. The van der Waals surface area contributed by atoms with Crippen LogP contribution in [0.3, 0.4) is 0 Å². The molecule has 0 fully saturated rings. The third kappa shape index (κ3) is 5.07. The maximum Gasteiger partial charge on any atom is 0.130 e. The van der Waals surface area contributed by atoms with E-state index in [1.54, 1.807) is 0 Å². The fraction of sp³-hybridized carbons (Fsp3) is 0.250. The van der Waals surface area contributed by atoms with Crippen LogP contribution in [0.1, 0.15) is 33.4 Å². The number of benzene rings is 5. The van der Waals surface area contributed by atoms with Crippen LogP contribution in [0.25, 0.3) is 0 Å². The van der Waals surface area contributed by atoms with Gasteiger partial charge in [0.25, 0.3) is 0 Å². The highest BCUT2D eigenvalue weighted by Crippen LogP contribution is 2.49. The molecule has 0 unspecified atom stereocenters. The largest absolute Gasteiger partial charge is 0.492 e. The normalized spacial score (nSPS) is 15.5. The van der Waals surface area contributed by atoms with E-state index in [1.807, 2.05) is 0 Å². The van der Waals surface area contributed by atoms with Gasteiger partial charge in [0, 0.05) is 59.2 Å². The summed E-state index contributed by atoms with van der Waals surface area (Å²) in [5.74, 6) is 4.39. The fourth-order valence-corrected chi connectivity index (χ4v) is 12.6. The lowest BCUT2D eigenvalue weighted by atomic mass is 10.1. The molecule has 4 nitrogen and oxygen atoms in total. The lowest BCUT2D eigenvalue weighted by Crippen LogP contribution is -2.18. The van der Waals surface area contributed by atoms with Crippen molar-refractivity contribution in [1.29, 1.82) is 0 Å². The molecular weight excluding hydrogens is 606 g/mol. The predicted octanol–water partition coefficient (Wildman–Crippen LogP) is 6.69. The third-order valence-electron chi connectivity index (χ3n) is 9.61. The van der Waals surface area contributed by atoms with Gasteiger partial charge >= 0.3 is 0 Å². The van der Waals surface area contributed by atoms with E-state index in [0.717, 1.165) is 87.4 Å². The van der Waals surface area contributed by atoms with E-state index in [1.165, 1.54) is 54.6 Å². The van der Waals surface area contributed by atoms with Gasteiger partial charge in [-0.2, -0.15) is 0 Å². The molecule has 0 atom stereocenters. The van der Waals surface area contributed by atoms with Gasteiger partial charge in [0.15, 0.2) is 0 Å². The molecule has 9 rings (SSSR count). The van der Waals surface area contributed by atoms with Gasteiger partial charge in [-0.1, -0.05) is 97.1 Å². The molecule has 0 N–H and O–H groups in total. The van der Waals surface area contributed by atoms with Crippen LogP contribution in [-0.2, 0) is 38.0 Å². The number of ether oxygens (including phenoxy) is 4. The van der Waals surface area contributed by atoms with Crippen LogP contribution >= 0.6 is 15.8 Å². The van der Waals surface area contributed by atoms with E-state index in [4.69, 9.17) is 18.9 Å². The number of hydrogen-bond donors (Lipinski definition) is 0. The molecule has 6 heteroatoms. The van der Waals surface area contributed by atoms with Crippen LogP contribution in [0.4, 0.5) is 0 Å². The van der Waals surface area contributed by atoms with Crippen LogP contribution in [0.5, 0.6) is 23.0 Å². The minimum Gasteiger partial charge on any atom is -0.492 e. The first-order valence-corrected chi connectivity index (χ1v) is 19.5. The van der Waals surface area contributed by atoms with Crippen LogP contribution in [0.15, 0.2) is 97.1 Å². The second kappa shape index (κ2) is 12.1. The second-order valence-corrected chi connectivity index (χ2v) is 16.7. The van der Waals surface area contributed by atoms with Gasteiger partial charge in [-0.05, 0) is 49.2 Å². The molecule has 0 spiro atoms. The topological polar surface area (TPSA) is 36.9 Å². The van der Waals surface area contributed by atoms with E-state index in [-0.39, 0.29) is 0 Å². The van der Waals surface area contributed by atoms with E-state index >= 15 is 0 Å². The first kappa shape index (κ1) is 28.4. The monoisotopic (exact) mass is 642 g/mol. The van der Waals surface area contributed by atoms with Crippen molar-refractivity contribution < 1.29 is 18.9 Å². The van der Waals surface area contributed by atoms with Crippen molar-refractivity contribution in [1.82, 2.24) is 0 Å². The van der Waals surface area contributed by atoms with E-state index in [0.29, 0.717) is 0 Å². The lowest BCUT2D eigenvalue weighted by molar-refractivity contribution is 0.358. The summed E-state index contributed by atoms with van der Waals surface area (Å²) in [6.45, 7) is 3.05. The van der Waals surface area contributed by atoms with Crippen molar-refractivity contribution >= 4 is 37.1 Å². The summed E-state index contributed by atoms with van der Waals surface area (Å²) in [5.41, 5.74) is 8.02. The molecule has 0 saturated heterocycles. The highest BCUT2D eigenvalue weighted by atomic mass is 31.1. The van der Waals surface area contributed by atoms with Crippen molar-refractivity contribution in [2.45, 2.75) is 38.0 Å². The number of rotatable bonds is 8. The Morgan fingerprint density at radius 3 is 1.02 bits per heavy atom.